The van der Waals surface area contributed by atoms with Gasteiger partial charge in [0.2, 0.25) is 0 Å². The molecule has 0 aliphatic rings. The van der Waals surface area contributed by atoms with Crippen molar-refractivity contribution in [1.29, 1.82) is 0 Å². The molecule has 3 aromatic rings. The van der Waals surface area contributed by atoms with Crippen LogP contribution in [0.5, 0.6) is 0 Å². The standard InChI is InChI=1S/C19H16ClN3O2S/c20-16-11-12-18(21-14-16)22-19(13-15-7-3-1-4-8-15)23-26(24,25)17-9-5-2-6-10-17/h1-12,14H,13H2,(H,21,22,23). The molecule has 1 N–H and O–H groups in total. The van der Waals surface area contributed by atoms with E-state index in [1.807, 2.05) is 30.3 Å². The Hall–Kier alpha value is -2.70. The predicted molar refractivity (Wildman–Crippen MR) is 104 cm³/mol. The van der Waals surface area contributed by atoms with Crippen molar-refractivity contribution < 1.29 is 8.42 Å². The number of anilines is 1. The second kappa shape index (κ2) is 8.12. The summed E-state index contributed by atoms with van der Waals surface area (Å²) in [6.07, 6.45) is 1.80. The van der Waals surface area contributed by atoms with E-state index in [-0.39, 0.29) is 10.7 Å². The fourth-order valence-corrected chi connectivity index (χ4v) is 3.39. The summed E-state index contributed by atoms with van der Waals surface area (Å²) in [6, 6.07) is 20.9. The van der Waals surface area contributed by atoms with Gasteiger partial charge in [-0.1, -0.05) is 60.1 Å². The molecule has 2 aromatic carbocycles. The predicted octanol–water partition coefficient (Wildman–Crippen LogP) is 4.18. The number of halogens is 1. The number of amidine groups is 1. The summed E-state index contributed by atoms with van der Waals surface area (Å²) in [5.74, 6) is 0.738. The average Bonchev–Trinajstić information content (AvgIpc) is 2.65. The van der Waals surface area contributed by atoms with Crippen molar-refractivity contribution in [2.75, 3.05) is 5.32 Å². The van der Waals surface area contributed by atoms with Gasteiger partial charge in [0.05, 0.1) is 9.92 Å². The Balaban J connectivity index is 1.95. The van der Waals surface area contributed by atoms with Gasteiger partial charge in [0, 0.05) is 12.6 Å². The fraction of sp³-hybridized carbons (Fsp3) is 0.0526. The number of pyridine rings is 1. The van der Waals surface area contributed by atoms with Crippen molar-refractivity contribution in [3.05, 3.63) is 89.6 Å². The van der Waals surface area contributed by atoms with Crippen LogP contribution >= 0.6 is 11.6 Å². The highest BCUT2D eigenvalue weighted by Gasteiger charge is 2.15. The maximum atomic E-state index is 12.6. The molecule has 0 aliphatic carbocycles. The Morgan fingerprint density at radius 3 is 2.23 bits per heavy atom. The summed E-state index contributed by atoms with van der Waals surface area (Å²) in [5, 5.41) is 3.48. The van der Waals surface area contributed by atoms with Gasteiger partial charge in [-0.2, -0.15) is 8.42 Å². The van der Waals surface area contributed by atoms with E-state index in [0.29, 0.717) is 17.3 Å². The number of nitrogens with zero attached hydrogens (tertiary/aromatic N) is 2. The van der Waals surface area contributed by atoms with Crippen LogP contribution in [0.3, 0.4) is 0 Å². The Kier molecular flexibility index (Phi) is 5.65. The van der Waals surface area contributed by atoms with Gasteiger partial charge in [-0.3, -0.25) is 0 Å². The lowest BCUT2D eigenvalue weighted by molar-refractivity contribution is 0.598. The van der Waals surface area contributed by atoms with E-state index >= 15 is 0 Å². The minimum Gasteiger partial charge on any atom is -0.327 e. The molecule has 0 atom stereocenters. The van der Waals surface area contributed by atoms with Crippen LogP contribution in [0.4, 0.5) is 5.82 Å². The molecule has 7 heteroatoms. The van der Waals surface area contributed by atoms with E-state index in [2.05, 4.69) is 14.7 Å². The Bertz CT molecular complexity index is 990. The third kappa shape index (κ3) is 4.91. The monoisotopic (exact) mass is 385 g/mol. The van der Waals surface area contributed by atoms with Crippen LogP contribution < -0.4 is 5.32 Å². The van der Waals surface area contributed by atoms with Gasteiger partial charge in [-0.05, 0) is 29.8 Å². The van der Waals surface area contributed by atoms with Crippen molar-refractivity contribution in [2.24, 2.45) is 4.40 Å². The van der Waals surface area contributed by atoms with Gasteiger partial charge < -0.3 is 5.32 Å². The maximum absolute atomic E-state index is 12.6. The van der Waals surface area contributed by atoms with Crippen molar-refractivity contribution in [3.63, 3.8) is 0 Å². The van der Waals surface area contributed by atoms with Gasteiger partial charge in [-0.15, -0.1) is 4.40 Å². The van der Waals surface area contributed by atoms with Gasteiger partial charge in [0.1, 0.15) is 11.7 Å². The fourth-order valence-electron chi connectivity index (χ4n) is 2.28. The number of nitrogens with one attached hydrogen (secondary N) is 1. The molecule has 1 aromatic heterocycles. The van der Waals surface area contributed by atoms with E-state index in [9.17, 15) is 8.42 Å². The van der Waals surface area contributed by atoms with Crippen LogP contribution in [0.25, 0.3) is 0 Å². The number of sulfonamides is 1. The molecule has 0 radical (unpaired) electrons. The molecule has 0 unspecified atom stereocenters. The van der Waals surface area contributed by atoms with Crippen LogP contribution in [-0.2, 0) is 16.4 Å². The van der Waals surface area contributed by atoms with Gasteiger partial charge in [0.25, 0.3) is 10.0 Å². The highest BCUT2D eigenvalue weighted by Crippen LogP contribution is 2.15. The molecular formula is C19H16ClN3O2S. The highest BCUT2D eigenvalue weighted by atomic mass is 35.5. The number of rotatable bonds is 5. The van der Waals surface area contributed by atoms with Crippen molar-refractivity contribution in [1.82, 2.24) is 4.98 Å². The number of aromatic nitrogens is 1. The minimum absolute atomic E-state index is 0.136. The summed E-state index contributed by atoms with van der Waals surface area (Å²) in [6.45, 7) is 0. The number of hydrogen-bond acceptors (Lipinski definition) is 3. The zero-order chi connectivity index (χ0) is 18.4. The molecule has 0 bridgehead atoms. The second-order valence-corrected chi connectivity index (χ2v) is 7.52. The molecule has 0 aliphatic heterocycles. The largest absolute Gasteiger partial charge is 0.327 e. The van der Waals surface area contributed by atoms with Crippen molar-refractivity contribution in [3.8, 4) is 0 Å². The molecule has 5 nitrogen and oxygen atoms in total. The third-order valence-corrected chi connectivity index (χ3v) is 5.04. The lowest BCUT2D eigenvalue weighted by Crippen LogP contribution is -2.18. The first-order valence-electron chi connectivity index (χ1n) is 7.84. The molecule has 0 fully saturated rings. The van der Waals surface area contributed by atoms with Gasteiger partial charge in [0.15, 0.2) is 0 Å². The van der Waals surface area contributed by atoms with E-state index in [1.165, 1.54) is 18.3 Å². The molecular weight excluding hydrogens is 370 g/mol. The first-order chi connectivity index (χ1) is 12.5. The normalized spacial score (nSPS) is 12.0. The van der Waals surface area contributed by atoms with Crippen LogP contribution in [0.1, 0.15) is 5.56 Å². The lowest BCUT2D eigenvalue weighted by atomic mass is 10.1. The summed E-state index contributed by atoms with van der Waals surface area (Å²) in [4.78, 5) is 4.28. The number of hydrogen-bond donors (Lipinski definition) is 1. The molecule has 3 rings (SSSR count). The zero-order valence-corrected chi connectivity index (χ0v) is 15.3. The maximum Gasteiger partial charge on any atom is 0.283 e. The van der Waals surface area contributed by atoms with E-state index in [4.69, 9.17) is 11.6 Å². The zero-order valence-electron chi connectivity index (χ0n) is 13.7. The van der Waals surface area contributed by atoms with Crippen molar-refractivity contribution >= 4 is 33.3 Å². The lowest BCUT2D eigenvalue weighted by Gasteiger charge is -2.10. The SMILES string of the molecule is O=S(=O)(N=C(Cc1ccccc1)Nc1ccc(Cl)cn1)c1ccccc1. The minimum atomic E-state index is -3.84. The molecule has 0 saturated heterocycles. The van der Waals surface area contributed by atoms with E-state index in [1.54, 1.807) is 30.3 Å². The first-order valence-corrected chi connectivity index (χ1v) is 9.66. The van der Waals surface area contributed by atoms with Crippen LogP contribution in [0, 0.1) is 0 Å². The summed E-state index contributed by atoms with van der Waals surface area (Å²) >= 11 is 5.85. The second-order valence-electron chi connectivity index (χ2n) is 5.48. The van der Waals surface area contributed by atoms with Gasteiger partial charge >= 0.3 is 0 Å². The molecule has 26 heavy (non-hydrogen) atoms. The molecule has 0 amide bonds. The van der Waals surface area contributed by atoms with Crippen molar-refractivity contribution in [2.45, 2.75) is 11.3 Å². The summed E-state index contributed by atoms with van der Waals surface area (Å²) < 4.78 is 29.2. The molecule has 132 valence electrons. The molecule has 1 heterocycles. The van der Waals surface area contributed by atoms with Crippen LogP contribution in [0.15, 0.2) is 88.3 Å². The number of benzene rings is 2. The molecule has 0 spiro atoms. The smallest absolute Gasteiger partial charge is 0.283 e. The summed E-state index contributed by atoms with van der Waals surface area (Å²) in [7, 11) is -3.84. The summed E-state index contributed by atoms with van der Waals surface area (Å²) in [5.41, 5.74) is 0.927. The molecule has 0 saturated carbocycles. The highest BCUT2D eigenvalue weighted by molar-refractivity contribution is 7.90. The third-order valence-electron chi connectivity index (χ3n) is 3.49. The average molecular weight is 386 g/mol. The first kappa shape index (κ1) is 18.1. The Labute approximate surface area is 157 Å². The van der Waals surface area contributed by atoms with Crippen LogP contribution in [-0.4, -0.2) is 19.2 Å². The Morgan fingerprint density at radius 2 is 1.62 bits per heavy atom. The van der Waals surface area contributed by atoms with E-state index < -0.39 is 10.0 Å². The van der Waals surface area contributed by atoms with Crippen LogP contribution in [0.2, 0.25) is 5.02 Å². The van der Waals surface area contributed by atoms with Gasteiger partial charge in [-0.25, -0.2) is 4.98 Å². The topological polar surface area (TPSA) is 71.4 Å². The Morgan fingerprint density at radius 1 is 0.962 bits per heavy atom. The van der Waals surface area contributed by atoms with E-state index in [0.717, 1.165) is 5.56 Å². The quantitative estimate of drug-likeness (QED) is 0.528.